The summed E-state index contributed by atoms with van der Waals surface area (Å²) in [5, 5.41) is 0. The van der Waals surface area contributed by atoms with Crippen LogP contribution >= 0.6 is 0 Å². The number of sulfonamides is 1. The van der Waals surface area contributed by atoms with E-state index in [1.807, 2.05) is 0 Å². The fourth-order valence-corrected chi connectivity index (χ4v) is 1.18. The first kappa shape index (κ1) is 9.58. The number of hydrogen-bond donors (Lipinski definition) is 1. The monoisotopic (exact) mass is 165 g/mol. The number of rotatable bonds is 4. The normalized spacial score (nSPS) is 14.6. The fraction of sp³-hybridized carbons (Fsp3) is 0.800. The molecular weight excluding hydrogens is 154 g/mol. The SMILES string of the molecule is CCS(=O)(=O)N[C@@H](C)C=O. The molecule has 0 heterocycles. The van der Waals surface area contributed by atoms with E-state index in [2.05, 4.69) is 4.72 Å². The summed E-state index contributed by atoms with van der Waals surface area (Å²) in [5.74, 6) is 0.00514. The van der Waals surface area contributed by atoms with E-state index in [-0.39, 0.29) is 5.75 Å². The molecule has 0 saturated carbocycles. The lowest BCUT2D eigenvalue weighted by Gasteiger charge is -2.04. The Labute approximate surface area is 60.7 Å². The molecule has 0 aromatic carbocycles. The molecule has 0 fully saturated rings. The Morgan fingerprint density at radius 1 is 1.60 bits per heavy atom. The molecule has 0 spiro atoms. The van der Waals surface area contributed by atoms with Crippen molar-refractivity contribution in [2.45, 2.75) is 19.9 Å². The van der Waals surface area contributed by atoms with Gasteiger partial charge >= 0.3 is 0 Å². The maximum atomic E-state index is 10.7. The molecule has 60 valence electrons. The topological polar surface area (TPSA) is 63.2 Å². The molecule has 5 heteroatoms. The molecule has 10 heavy (non-hydrogen) atoms. The van der Waals surface area contributed by atoms with Crippen molar-refractivity contribution in [2.75, 3.05) is 5.75 Å². The van der Waals surface area contributed by atoms with Crippen molar-refractivity contribution in [1.29, 1.82) is 0 Å². The molecule has 0 rings (SSSR count). The van der Waals surface area contributed by atoms with Crippen LogP contribution in [0.2, 0.25) is 0 Å². The molecule has 0 radical (unpaired) electrons. The van der Waals surface area contributed by atoms with Crippen molar-refractivity contribution < 1.29 is 13.2 Å². The molecule has 4 nitrogen and oxygen atoms in total. The van der Waals surface area contributed by atoms with E-state index in [9.17, 15) is 13.2 Å². The summed E-state index contributed by atoms with van der Waals surface area (Å²) in [7, 11) is -3.21. The second-order valence-electron chi connectivity index (χ2n) is 1.95. The number of carbonyl (C=O) groups excluding carboxylic acids is 1. The number of nitrogens with one attached hydrogen (secondary N) is 1. The van der Waals surface area contributed by atoms with Crippen molar-refractivity contribution in [3.8, 4) is 0 Å². The first-order chi connectivity index (χ1) is 4.52. The summed E-state index contributed by atoms with van der Waals surface area (Å²) in [4.78, 5) is 9.97. The van der Waals surface area contributed by atoms with Gasteiger partial charge in [-0.1, -0.05) is 0 Å². The number of aldehydes is 1. The van der Waals surface area contributed by atoms with Crippen molar-refractivity contribution in [1.82, 2.24) is 4.72 Å². The Morgan fingerprint density at radius 2 is 2.10 bits per heavy atom. The van der Waals surface area contributed by atoms with Crippen molar-refractivity contribution in [3.05, 3.63) is 0 Å². The molecule has 0 aliphatic heterocycles. The standard InChI is InChI=1S/C5H11NO3S/c1-3-10(8,9)6-5(2)4-7/h4-6H,3H2,1-2H3/t5-/m0/s1. The highest BCUT2D eigenvalue weighted by Crippen LogP contribution is 1.84. The third-order valence-corrected chi connectivity index (χ3v) is 2.44. The van der Waals surface area contributed by atoms with Gasteiger partial charge in [0.15, 0.2) is 0 Å². The highest BCUT2D eigenvalue weighted by molar-refractivity contribution is 7.89. The Bertz CT molecular complexity index is 197. The van der Waals surface area contributed by atoms with Crippen LogP contribution in [0.5, 0.6) is 0 Å². The maximum Gasteiger partial charge on any atom is 0.211 e. The molecule has 0 amide bonds. The molecular formula is C5H11NO3S. The second kappa shape index (κ2) is 3.68. The van der Waals surface area contributed by atoms with E-state index >= 15 is 0 Å². The minimum absolute atomic E-state index is 0.00514. The molecule has 0 aliphatic carbocycles. The van der Waals surface area contributed by atoms with E-state index < -0.39 is 16.1 Å². The van der Waals surface area contributed by atoms with Crippen LogP contribution in [0.25, 0.3) is 0 Å². The lowest BCUT2D eigenvalue weighted by Crippen LogP contribution is -2.34. The summed E-state index contributed by atoms with van der Waals surface area (Å²) in [5.41, 5.74) is 0. The fourth-order valence-electron chi connectivity index (χ4n) is 0.394. The molecule has 0 aliphatic rings. The molecule has 1 atom stereocenters. The van der Waals surface area contributed by atoms with Gasteiger partial charge in [0, 0.05) is 0 Å². The average molecular weight is 165 g/mol. The lowest BCUT2D eigenvalue weighted by atomic mass is 10.4. The summed E-state index contributed by atoms with van der Waals surface area (Å²) >= 11 is 0. The first-order valence-electron chi connectivity index (χ1n) is 2.97. The lowest BCUT2D eigenvalue weighted by molar-refractivity contribution is -0.108. The minimum Gasteiger partial charge on any atom is -0.302 e. The number of hydrogen-bond acceptors (Lipinski definition) is 3. The van der Waals surface area contributed by atoms with Crippen LogP contribution in [0.1, 0.15) is 13.8 Å². The van der Waals surface area contributed by atoms with Gasteiger partial charge in [0.2, 0.25) is 10.0 Å². The third-order valence-electron chi connectivity index (χ3n) is 0.950. The highest BCUT2D eigenvalue weighted by Gasteiger charge is 2.09. The van der Waals surface area contributed by atoms with Crippen molar-refractivity contribution >= 4 is 16.3 Å². The maximum absolute atomic E-state index is 10.7. The van der Waals surface area contributed by atoms with Gasteiger partial charge in [0.05, 0.1) is 11.8 Å². The zero-order valence-corrected chi connectivity index (χ0v) is 6.81. The van der Waals surface area contributed by atoms with E-state index in [1.165, 1.54) is 13.8 Å². The van der Waals surface area contributed by atoms with E-state index in [0.717, 1.165) is 0 Å². The molecule has 0 unspecified atom stereocenters. The highest BCUT2D eigenvalue weighted by atomic mass is 32.2. The van der Waals surface area contributed by atoms with Gasteiger partial charge in [-0.15, -0.1) is 0 Å². The zero-order valence-electron chi connectivity index (χ0n) is 5.99. The van der Waals surface area contributed by atoms with Gasteiger partial charge in [-0.3, -0.25) is 0 Å². The Morgan fingerprint density at radius 3 is 2.40 bits per heavy atom. The van der Waals surface area contributed by atoms with Crippen LogP contribution in [0.4, 0.5) is 0 Å². The molecule has 0 bridgehead atoms. The minimum atomic E-state index is -3.21. The molecule has 0 aromatic heterocycles. The molecule has 1 N–H and O–H groups in total. The van der Waals surface area contributed by atoms with Crippen molar-refractivity contribution in [2.24, 2.45) is 0 Å². The first-order valence-corrected chi connectivity index (χ1v) is 4.62. The summed E-state index contributed by atoms with van der Waals surface area (Å²) in [6, 6.07) is -0.620. The van der Waals surface area contributed by atoms with Crippen LogP contribution < -0.4 is 4.72 Å². The summed E-state index contributed by atoms with van der Waals surface area (Å²) < 4.78 is 23.6. The van der Waals surface area contributed by atoms with Crippen LogP contribution in [0.3, 0.4) is 0 Å². The van der Waals surface area contributed by atoms with Gasteiger partial charge in [-0.05, 0) is 13.8 Å². The van der Waals surface area contributed by atoms with Gasteiger partial charge in [0.25, 0.3) is 0 Å². The van der Waals surface area contributed by atoms with Crippen LogP contribution in [0, 0.1) is 0 Å². The molecule has 0 saturated heterocycles. The predicted octanol–water partition coefficient (Wildman–Crippen LogP) is -0.487. The van der Waals surface area contributed by atoms with Gasteiger partial charge in [-0.25, -0.2) is 13.1 Å². The average Bonchev–Trinajstić information content (AvgIpc) is 1.87. The van der Waals surface area contributed by atoms with Crippen LogP contribution in [-0.2, 0) is 14.8 Å². The van der Waals surface area contributed by atoms with Gasteiger partial charge in [-0.2, -0.15) is 0 Å². The van der Waals surface area contributed by atoms with Crippen molar-refractivity contribution in [3.63, 3.8) is 0 Å². The zero-order chi connectivity index (χ0) is 8.20. The van der Waals surface area contributed by atoms with Gasteiger partial charge in [0.1, 0.15) is 6.29 Å². The Balaban J connectivity index is 4.02. The van der Waals surface area contributed by atoms with E-state index in [1.54, 1.807) is 0 Å². The largest absolute Gasteiger partial charge is 0.302 e. The Kier molecular flexibility index (Phi) is 3.52. The quantitative estimate of drug-likeness (QED) is 0.572. The summed E-state index contributed by atoms with van der Waals surface area (Å²) in [6.07, 6.45) is 0.549. The smallest absolute Gasteiger partial charge is 0.211 e. The van der Waals surface area contributed by atoms with E-state index in [0.29, 0.717) is 6.29 Å². The number of carbonyl (C=O) groups is 1. The predicted molar refractivity (Wildman–Crippen MR) is 38.1 cm³/mol. The van der Waals surface area contributed by atoms with E-state index in [4.69, 9.17) is 0 Å². The third kappa shape index (κ3) is 3.58. The Hall–Kier alpha value is -0.420. The van der Waals surface area contributed by atoms with Crippen LogP contribution in [-0.4, -0.2) is 26.5 Å². The van der Waals surface area contributed by atoms with Gasteiger partial charge < -0.3 is 4.79 Å². The summed E-state index contributed by atoms with van der Waals surface area (Å²) in [6.45, 7) is 3.00. The molecule has 0 aromatic rings. The van der Waals surface area contributed by atoms with Crippen LogP contribution in [0.15, 0.2) is 0 Å². The second-order valence-corrected chi connectivity index (χ2v) is 3.99.